The van der Waals surface area contributed by atoms with E-state index in [0.29, 0.717) is 28.8 Å². The fraction of sp³-hybridized carbons (Fsp3) is 0.341. The van der Waals surface area contributed by atoms with Gasteiger partial charge in [0.1, 0.15) is 18.2 Å². The molecular formula is C41H36F7NO6. The van der Waals surface area contributed by atoms with Crippen LogP contribution in [0.5, 0.6) is 0 Å². The minimum Gasteiger partial charge on any atom is -0.444 e. The number of carbonyl (C=O) groups is 3. The van der Waals surface area contributed by atoms with Gasteiger partial charge in [0.25, 0.3) is 0 Å². The van der Waals surface area contributed by atoms with Crippen LogP contribution in [-0.4, -0.2) is 34.4 Å². The largest absolute Gasteiger partial charge is 0.444 e. The summed E-state index contributed by atoms with van der Waals surface area (Å²) in [4.78, 5) is 43.1. The van der Waals surface area contributed by atoms with Gasteiger partial charge in [0, 0.05) is 23.8 Å². The lowest BCUT2D eigenvalue weighted by Gasteiger charge is -2.34. The van der Waals surface area contributed by atoms with Gasteiger partial charge in [0.2, 0.25) is 6.23 Å². The van der Waals surface area contributed by atoms with Gasteiger partial charge in [-0.1, -0.05) is 72.8 Å². The average molecular weight is 772 g/mol. The average Bonchev–Trinajstić information content (AvgIpc) is 3.68. The first-order valence-corrected chi connectivity index (χ1v) is 17.4. The highest BCUT2D eigenvalue weighted by atomic mass is 19.4. The van der Waals surface area contributed by atoms with E-state index in [9.17, 15) is 45.1 Å². The fourth-order valence-electron chi connectivity index (χ4n) is 7.35. The number of amides is 1. The van der Waals surface area contributed by atoms with Crippen LogP contribution in [0.1, 0.15) is 84.7 Å². The van der Waals surface area contributed by atoms with E-state index in [1.165, 1.54) is 26.0 Å². The first-order chi connectivity index (χ1) is 26.0. The molecule has 0 spiro atoms. The molecule has 0 radical (unpaired) electrons. The summed E-state index contributed by atoms with van der Waals surface area (Å²) in [6, 6.07) is 23.6. The monoisotopic (exact) mass is 771 g/mol. The predicted octanol–water partition coefficient (Wildman–Crippen LogP) is 10.1. The normalized spacial score (nSPS) is 23.4. The molecule has 1 saturated heterocycles. The molecule has 2 aliphatic rings. The minimum absolute atomic E-state index is 0.0273. The Morgan fingerprint density at radius 1 is 0.836 bits per heavy atom. The molecule has 1 unspecified atom stereocenters. The number of rotatable bonds is 10. The Morgan fingerprint density at radius 2 is 1.42 bits per heavy atom. The molecule has 0 N–H and O–H groups in total. The molecule has 14 heteroatoms. The Kier molecular flexibility index (Phi) is 11.1. The van der Waals surface area contributed by atoms with Gasteiger partial charge in [-0.2, -0.15) is 26.3 Å². The number of cyclic esters (lactones) is 1. The van der Waals surface area contributed by atoms with Crippen LogP contribution in [0.15, 0.2) is 103 Å². The Hall–Kier alpha value is -5.24. The number of benzene rings is 4. The molecule has 4 aromatic rings. The molecule has 55 heavy (non-hydrogen) atoms. The Morgan fingerprint density at radius 3 is 2.00 bits per heavy atom. The van der Waals surface area contributed by atoms with Crippen molar-refractivity contribution in [3.8, 4) is 0 Å². The summed E-state index contributed by atoms with van der Waals surface area (Å²) in [5.41, 5.74) is -3.71. The predicted molar refractivity (Wildman–Crippen MR) is 183 cm³/mol. The summed E-state index contributed by atoms with van der Waals surface area (Å²) in [6.45, 7) is 2.56. The van der Waals surface area contributed by atoms with E-state index in [4.69, 9.17) is 14.2 Å². The van der Waals surface area contributed by atoms with E-state index in [-0.39, 0.29) is 31.1 Å². The highest BCUT2D eigenvalue weighted by Gasteiger charge is 2.58. The van der Waals surface area contributed by atoms with E-state index in [2.05, 4.69) is 0 Å². The van der Waals surface area contributed by atoms with E-state index < -0.39 is 89.4 Å². The molecule has 1 saturated carbocycles. The molecule has 4 aromatic carbocycles. The zero-order valence-electron chi connectivity index (χ0n) is 29.6. The number of ether oxygens (including phenoxy) is 3. The van der Waals surface area contributed by atoms with E-state index in [1.54, 1.807) is 60.7 Å². The smallest absolute Gasteiger partial charge is 0.416 e. The van der Waals surface area contributed by atoms with Crippen LogP contribution in [0.3, 0.4) is 0 Å². The zero-order valence-corrected chi connectivity index (χ0v) is 29.6. The number of carbonyl (C=O) groups excluding carboxylic acids is 3. The standard InChI is InChI=1S/C41H36F7NO6/c1-24(28-19-29(40(43,44)45)21-30(20-28)41(46,47)48)54-34-18-17-32(35(34)26-13-15-31(42)16-14-26)33(50)22-39(2)37(51)55-36(27-11-7-4-8-12-27)49(39)38(52)53-23-25-9-5-3-6-10-25/h3-16,19-21,24,32,34-36H,17-18,22-23H2,1-2H3/t24-,32?,34+,35+,36+,39-/m1/s1. The van der Waals surface area contributed by atoms with Gasteiger partial charge in [0.15, 0.2) is 5.54 Å². The quantitative estimate of drug-likeness (QED) is 0.118. The second-order valence-electron chi connectivity index (χ2n) is 13.9. The molecular weight excluding hydrogens is 735 g/mol. The van der Waals surface area contributed by atoms with Crippen LogP contribution in [0.4, 0.5) is 35.5 Å². The van der Waals surface area contributed by atoms with Gasteiger partial charge >= 0.3 is 24.4 Å². The van der Waals surface area contributed by atoms with Crippen molar-refractivity contribution in [2.45, 2.75) is 82.0 Å². The molecule has 1 aliphatic carbocycles. The summed E-state index contributed by atoms with van der Waals surface area (Å²) in [5, 5.41) is 0. The number of alkyl halides is 6. The summed E-state index contributed by atoms with van der Waals surface area (Å²) < 4.78 is 114. The van der Waals surface area contributed by atoms with Gasteiger partial charge in [-0.15, -0.1) is 0 Å². The SMILES string of the molecule is C[C@@H](O[C@H]1CCC(C(=O)C[C@]2(C)C(=O)O[C@@H](c3ccccc3)N2C(=O)OCc2ccccc2)[C@@H]1c1ccc(F)cc1)c1cc(C(F)(F)F)cc(C(F)(F)F)c1. The van der Waals surface area contributed by atoms with Crippen molar-refractivity contribution in [3.63, 3.8) is 0 Å². The van der Waals surface area contributed by atoms with Crippen LogP contribution >= 0.6 is 0 Å². The minimum atomic E-state index is -5.07. The van der Waals surface area contributed by atoms with Crippen molar-refractivity contribution in [2.24, 2.45) is 5.92 Å². The lowest BCUT2D eigenvalue weighted by Crippen LogP contribution is -2.51. The van der Waals surface area contributed by atoms with E-state index in [1.807, 2.05) is 0 Å². The Bertz CT molecular complexity index is 1970. The maximum atomic E-state index is 14.4. The first kappa shape index (κ1) is 39.5. The summed E-state index contributed by atoms with van der Waals surface area (Å²) >= 11 is 0. The summed E-state index contributed by atoms with van der Waals surface area (Å²) in [7, 11) is 0. The molecule has 0 bridgehead atoms. The van der Waals surface area contributed by atoms with Gasteiger partial charge in [0.05, 0.1) is 23.3 Å². The number of ketones is 1. The number of halogens is 7. The van der Waals surface area contributed by atoms with Crippen molar-refractivity contribution < 1.29 is 59.3 Å². The van der Waals surface area contributed by atoms with Crippen LogP contribution in [0, 0.1) is 11.7 Å². The van der Waals surface area contributed by atoms with Crippen molar-refractivity contribution in [1.82, 2.24) is 4.90 Å². The van der Waals surface area contributed by atoms with Gasteiger partial charge in [-0.3, -0.25) is 9.69 Å². The molecule has 2 fully saturated rings. The highest BCUT2D eigenvalue weighted by Crippen LogP contribution is 2.48. The van der Waals surface area contributed by atoms with Crippen molar-refractivity contribution in [2.75, 3.05) is 0 Å². The molecule has 1 aliphatic heterocycles. The molecule has 6 atom stereocenters. The number of Topliss-reactive ketones (excluding diaryl/α,β-unsaturated/α-hetero) is 1. The van der Waals surface area contributed by atoms with Crippen molar-refractivity contribution in [3.05, 3.63) is 142 Å². The number of hydrogen-bond acceptors (Lipinski definition) is 6. The lowest BCUT2D eigenvalue weighted by atomic mass is 9.80. The van der Waals surface area contributed by atoms with Crippen LogP contribution in [-0.2, 0) is 42.8 Å². The van der Waals surface area contributed by atoms with Crippen LogP contribution in [0.25, 0.3) is 0 Å². The van der Waals surface area contributed by atoms with Crippen LogP contribution in [0.2, 0.25) is 0 Å². The number of nitrogens with zero attached hydrogens (tertiary/aromatic N) is 1. The third-order valence-electron chi connectivity index (χ3n) is 10.2. The van der Waals surface area contributed by atoms with Crippen molar-refractivity contribution in [1.29, 1.82) is 0 Å². The van der Waals surface area contributed by atoms with Gasteiger partial charge in [-0.05, 0) is 73.7 Å². The maximum absolute atomic E-state index is 14.4. The molecule has 1 amide bonds. The van der Waals surface area contributed by atoms with E-state index >= 15 is 0 Å². The third-order valence-corrected chi connectivity index (χ3v) is 10.2. The topological polar surface area (TPSA) is 82.1 Å². The Labute approximate surface area is 312 Å². The van der Waals surface area contributed by atoms with Gasteiger partial charge < -0.3 is 14.2 Å². The highest BCUT2D eigenvalue weighted by molar-refractivity contribution is 5.95. The molecule has 6 rings (SSSR count). The second kappa shape index (κ2) is 15.5. The summed E-state index contributed by atoms with van der Waals surface area (Å²) in [6.07, 6.45) is -14.8. The third kappa shape index (κ3) is 8.54. The number of esters is 1. The zero-order chi connectivity index (χ0) is 39.7. The molecule has 0 aromatic heterocycles. The maximum Gasteiger partial charge on any atom is 0.416 e. The van der Waals surface area contributed by atoms with Gasteiger partial charge in [-0.25, -0.2) is 14.0 Å². The van der Waals surface area contributed by atoms with Crippen molar-refractivity contribution >= 4 is 17.8 Å². The number of hydrogen-bond donors (Lipinski definition) is 0. The molecule has 7 nitrogen and oxygen atoms in total. The molecule has 290 valence electrons. The fourth-order valence-corrected chi connectivity index (χ4v) is 7.35. The molecule has 1 heterocycles. The second-order valence-corrected chi connectivity index (χ2v) is 13.9. The van der Waals surface area contributed by atoms with E-state index in [0.717, 1.165) is 17.0 Å². The Balaban J connectivity index is 1.30. The van der Waals surface area contributed by atoms with Crippen LogP contribution < -0.4 is 0 Å². The lowest BCUT2D eigenvalue weighted by molar-refractivity contribution is -0.147. The summed E-state index contributed by atoms with van der Waals surface area (Å²) in [5.74, 6) is -3.73. The first-order valence-electron chi connectivity index (χ1n) is 17.4.